The Bertz CT molecular complexity index is 858. The Kier molecular flexibility index (Phi) is 4.58. The van der Waals surface area contributed by atoms with Crippen LogP contribution in [0.2, 0.25) is 0 Å². The van der Waals surface area contributed by atoms with Gasteiger partial charge in [0, 0.05) is 30.3 Å². The summed E-state index contributed by atoms with van der Waals surface area (Å²) in [6.07, 6.45) is 7.72. The van der Waals surface area contributed by atoms with Crippen LogP contribution >= 0.6 is 0 Å². The molecule has 7 heteroatoms. The summed E-state index contributed by atoms with van der Waals surface area (Å²) in [5, 5.41) is 13.9. The number of fused-ring (bicyclic) bond motifs is 1. The van der Waals surface area contributed by atoms with E-state index in [0.717, 1.165) is 53.8 Å². The fourth-order valence-electron chi connectivity index (χ4n) is 3.18. The largest absolute Gasteiger partial charge is 0.488 e. The fourth-order valence-corrected chi connectivity index (χ4v) is 3.18. The summed E-state index contributed by atoms with van der Waals surface area (Å²) in [6, 6.07) is 6.02. The van der Waals surface area contributed by atoms with Crippen molar-refractivity contribution in [3.63, 3.8) is 0 Å². The number of hydrogen-bond donors (Lipinski definition) is 1. The van der Waals surface area contributed by atoms with Gasteiger partial charge in [0.05, 0.1) is 12.8 Å². The van der Waals surface area contributed by atoms with Gasteiger partial charge in [0.1, 0.15) is 23.2 Å². The molecular formula is C18H21N5O2. The van der Waals surface area contributed by atoms with E-state index in [-0.39, 0.29) is 6.10 Å². The maximum atomic E-state index is 6.34. The second-order valence-corrected chi connectivity index (χ2v) is 6.16. The zero-order valence-corrected chi connectivity index (χ0v) is 14.2. The van der Waals surface area contributed by atoms with E-state index < -0.39 is 0 Å². The summed E-state index contributed by atoms with van der Waals surface area (Å²) >= 11 is 0. The average molecular weight is 339 g/mol. The average Bonchev–Trinajstić information content (AvgIpc) is 3.11. The second kappa shape index (κ2) is 7.16. The van der Waals surface area contributed by atoms with Crippen molar-refractivity contribution in [3.05, 3.63) is 42.5 Å². The van der Waals surface area contributed by atoms with Crippen LogP contribution in [0.1, 0.15) is 18.5 Å². The molecule has 1 aromatic carbocycles. The van der Waals surface area contributed by atoms with Crippen LogP contribution in [0.3, 0.4) is 0 Å². The van der Waals surface area contributed by atoms with Gasteiger partial charge in [-0.2, -0.15) is 0 Å². The van der Waals surface area contributed by atoms with Gasteiger partial charge in [-0.05, 0) is 44.1 Å². The lowest BCUT2D eigenvalue weighted by Crippen LogP contribution is -2.34. The third kappa shape index (κ3) is 3.33. The van der Waals surface area contributed by atoms with Crippen LogP contribution in [0.25, 0.3) is 16.5 Å². The van der Waals surface area contributed by atoms with E-state index in [1.54, 1.807) is 18.0 Å². The van der Waals surface area contributed by atoms with E-state index in [4.69, 9.17) is 9.47 Å². The highest BCUT2D eigenvalue weighted by atomic mass is 16.5. The van der Waals surface area contributed by atoms with Gasteiger partial charge in [0.25, 0.3) is 0 Å². The SMILES string of the molecule is COCc1cn(-c2c(OC3CCNCC3)ccc3cnccc23)nn1. The highest BCUT2D eigenvalue weighted by molar-refractivity contribution is 5.92. The molecule has 0 unspecified atom stereocenters. The van der Waals surface area contributed by atoms with Crippen molar-refractivity contribution < 1.29 is 9.47 Å². The molecule has 4 rings (SSSR count). The van der Waals surface area contributed by atoms with E-state index in [0.29, 0.717) is 6.61 Å². The van der Waals surface area contributed by atoms with Gasteiger partial charge in [-0.25, -0.2) is 4.68 Å². The minimum absolute atomic E-state index is 0.209. The Morgan fingerprint density at radius 1 is 1.24 bits per heavy atom. The van der Waals surface area contributed by atoms with Crippen molar-refractivity contribution in [2.75, 3.05) is 20.2 Å². The van der Waals surface area contributed by atoms with Crippen LogP contribution in [-0.4, -0.2) is 46.3 Å². The summed E-state index contributed by atoms with van der Waals surface area (Å²) in [5.74, 6) is 0.819. The summed E-state index contributed by atoms with van der Waals surface area (Å²) in [7, 11) is 1.65. The molecule has 0 amide bonds. The standard InChI is InChI=1S/C18H21N5O2/c1-24-12-14-11-23(22-21-14)18-16-6-9-20-10-13(16)2-3-17(18)25-15-4-7-19-8-5-15/h2-3,6,9-11,15,19H,4-5,7-8,12H2,1H3. The first-order chi connectivity index (χ1) is 12.3. The van der Waals surface area contributed by atoms with E-state index >= 15 is 0 Å². The van der Waals surface area contributed by atoms with Crippen molar-refractivity contribution in [2.24, 2.45) is 0 Å². The van der Waals surface area contributed by atoms with E-state index in [1.165, 1.54) is 0 Å². The molecule has 0 atom stereocenters. The fraction of sp³-hybridized carbons (Fsp3) is 0.389. The third-order valence-corrected chi connectivity index (χ3v) is 4.40. The Morgan fingerprint density at radius 3 is 2.96 bits per heavy atom. The molecule has 7 nitrogen and oxygen atoms in total. The van der Waals surface area contributed by atoms with E-state index in [2.05, 4.69) is 20.6 Å². The normalized spacial score (nSPS) is 15.6. The molecule has 25 heavy (non-hydrogen) atoms. The second-order valence-electron chi connectivity index (χ2n) is 6.16. The van der Waals surface area contributed by atoms with Crippen molar-refractivity contribution in [1.82, 2.24) is 25.3 Å². The van der Waals surface area contributed by atoms with Crippen LogP contribution in [0.5, 0.6) is 5.75 Å². The molecule has 1 saturated heterocycles. The van der Waals surface area contributed by atoms with Crippen LogP contribution in [-0.2, 0) is 11.3 Å². The molecule has 1 aliphatic heterocycles. The van der Waals surface area contributed by atoms with Gasteiger partial charge in [0.2, 0.25) is 0 Å². The number of rotatable bonds is 5. The molecule has 0 saturated carbocycles. The first kappa shape index (κ1) is 16.0. The Hall–Kier alpha value is -2.51. The number of aromatic nitrogens is 4. The summed E-state index contributed by atoms with van der Waals surface area (Å²) in [6.45, 7) is 2.40. The van der Waals surface area contributed by atoms with Gasteiger partial charge in [-0.3, -0.25) is 4.98 Å². The monoisotopic (exact) mass is 339 g/mol. The van der Waals surface area contributed by atoms with Crippen LogP contribution < -0.4 is 10.1 Å². The summed E-state index contributed by atoms with van der Waals surface area (Å²) < 4.78 is 13.3. The number of benzene rings is 1. The number of pyridine rings is 1. The van der Waals surface area contributed by atoms with Crippen LogP contribution in [0, 0.1) is 0 Å². The lowest BCUT2D eigenvalue weighted by atomic mass is 10.1. The molecule has 0 bridgehead atoms. The maximum Gasteiger partial charge on any atom is 0.146 e. The Morgan fingerprint density at radius 2 is 2.12 bits per heavy atom. The number of nitrogens with one attached hydrogen (secondary N) is 1. The molecular weight excluding hydrogens is 318 g/mol. The smallest absolute Gasteiger partial charge is 0.146 e. The van der Waals surface area contributed by atoms with Crippen molar-refractivity contribution in [1.29, 1.82) is 0 Å². The van der Waals surface area contributed by atoms with E-state index in [1.807, 2.05) is 30.6 Å². The summed E-state index contributed by atoms with van der Waals surface area (Å²) in [5.41, 5.74) is 1.68. The van der Waals surface area contributed by atoms with Gasteiger partial charge in [0.15, 0.2) is 0 Å². The predicted octanol–water partition coefficient (Wildman–Crippen LogP) is 2.09. The van der Waals surface area contributed by atoms with Crippen molar-refractivity contribution in [3.8, 4) is 11.4 Å². The third-order valence-electron chi connectivity index (χ3n) is 4.40. The van der Waals surface area contributed by atoms with Crippen LogP contribution in [0.15, 0.2) is 36.8 Å². The number of piperidine rings is 1. The Labute approximate surface area is 146 Å². The highest BCUT2D eigenvalue weighted by Crippen LogP contribution is 2.32. The van der Waals surface area contributed by atoms with Crippen molar-refractivity contribution >= 4 is 10.8 Å². The van der Waals surface area contributed by atoms with Crippen molar-refractivity contribution in [2.45, 2.75) is 25.6 Å². The number of ether oxygens (including phenoxy) is 2. The first-order valence-corrected chi connectivity index (χ1v) is 8.50. The molecule has 3 heterocycles. The number of nitrogens with zero attached hydrogens (tertiary/aromatic N) is 4. The van der Waals surface area contributed by atoms with Gasteiger partial charge < -0.3 is 14.8 Å². The lowest BCUT2D eigenvalue weighted by Gasteiger charge is -2.25. The molecule has 0 aliphatic carbocycles. The Balaban J connectivity index is 1.78. The van der Waals surface area contributed by atoms with Crippen LogP contribution in [0.4, 0.5) is 0 Å². The zero-order chi connectivity index (χ0) is 17.1. The minimum atomic E-state index is 0.209. The quantitative estimate of drug-likeness (QED) is 0.767. The highest BCUT2D eigenvalue weighted by Gasteiger charge is 2.19. The number of methoxy groups -OCH3 is 1. The lowest BCUT2D eigenvalue weighted by molar-refractivity contribution is 0.162. The molecule has 1 fully saturated rings. The molecule has 1 N–H and O–H groups in total. The molecule has 2 aromatic heterocycles. The number of hydrogen-bond acceptors (Lipinski definition) is 6. The predicted molar refractivity (Wildman–Crippen MR) is 93.9 cm³/mol. The van der Waals surface area contributed by atoms with Gasteiger partial charge >= 0.3 is 0 Å². The molecule has 1 aliphatic rings. The molecule has 0 spiro atoms. The maximum absolute atomic E-state index is 6.34. The topological polar surface area (TPSA) is 74.1 Å². The first-order valence-electron chi connectivity index (χ1n) is 8.50. The molecule has 0 radical (unpaired) electrons. The van der Waals surface area contributed by atoms with E-state index in [9.17, 15) is 0 Å². The zero-order valence-electron chi connectivity index (χ0n) is 14.2. The molecule has 3 aromatic rings. The molecule has 130 valence electrons. The van der Waals surface area contributed by atoms with Gasteiger partial charge in [-0.1, -0.05) is 5.21 Å². The summed E-state index contributed by atoms with van der Waals surface area (Å²) in [4.78, 5) is 4.21. The van der Waals surface area contributed by atoms with Gasteiger partial charge in [-0.15, -0.1) is 5.10 Å². The minimum Gasteiger partial charge on any atom is -0.488 e.